The predicted molar refractivity (Wildman–Crippen MR) is 83.8 cm³/mol. The minimum absolute atomic E-state index is 0.220. The molecule has 1 fully saturated rings. The van der Waals surface area contributed by atoms with Gasteiger partial charge in [0.1, 0.15) is 0 Å². The molecule has 1 heterocycles. The number of piperidine rings is 1. The van der Waals surface area contributed by atoms with Gasteiger partial charge in [-0.3, -0.25) is 4.79 Å². The predicted octanol–water partition coefficient (Wildman–Crippen LogP) is 3.79. The third kappa shape index (κ3) is 3.84. The zero-order valence-electron chi connectivity index (χ0n) is 13.3. The van der Waals surface area contributed by atoms with Crippen molar-refractivity contribution in [3.05, 3.63) is 35.4 Å². The summed E-state index contributed by atoms with van der Waals surface area (Å²) < 4.78 is 0. The standard InChI is InChI=1S/C18H27NO/c1-14(20)19-11-9-16(10-12-19)13-15-5-7-17(8-6-15)18(2,3)4/h5-8,16H,9-13H2,1-4H3. The molecular weight excluding hydrogens is 246 g/mol. The zero-order valence-corrected chi connectivity index (χ0v) is 13.3. The van der Waals surface area contributed by atoms with Crippen molar-refractivity contribution < 1.29 is 4.79 Å². The Morgan fingerprint density at radius 2 is 1.70 bits per heavy atom. The third-order valence-corrected chi connectivity index (χ3v) is 4.40. The van der Waals surface area contributed by atoms with E-state index in [-0.39, 0.29) is 11.3 Å². The number of hydrogen-bond acceptors (Lipinski definition) is 1. The van der Waals surface area contributed by atoms with Crippen LogP contribution in [0.15, 0.2) is 24.3 Å². The summed E-state index contributed by atoms with van der Waals surface area (Å²) in [5, 5.41) is 0. The van der Waals surface area contributed by atoms with Crippen LogP contribution in [0.5, 0.6) is 0 Å². The maximum absolute atomic E-state index is 11.3. The molecule has 1 saturated heterocycles. The molecule has 1 aliphatic heterocycles. The molecule has 0 aliphatic carbocycles. The van der Waals surface area contributed by atoms with Crippen molar-refractivity contribution in [2.45, 2.75) is 52.4 Å². The topological polar surface area (TPSA) is 20.3 Å². The second kappa shape index (κ2) is 5.99. The van der Waals surface area contributed by atoms with E-state index in [1.807, 2.05) is 4.90 Å². The highest BCUT2D eigenvalue weighted by Gasteiger charge is 2.21. The number of benzene rings is 1. The second-order valence-corrected chi connectivity index (χ2v) is 7.10. The van der Waals surface area contributed by atoms with Gasteiger partial charge in [-0.1, -0.05) is 45.0 Å². The summed E-state index contributed by atoms with van der Waals surface area (Å²) in [6, 6.07) is 9.08. The van der Waals surface area contributed by atoms with E-state index < -0.39 is 0 Å². The molecule has 110 valence electrons. The Hall–Kier alpha value is -1.31. The normalized spacial score (nSPS) is 17.3. The van der Waals surface area contributed by atoms with Gasteiger partial charge in [0.2, 0.25) is 5.91 Å². The SMILES string of the molecule is CC(=O)N1CCC(Cc2ccc(C(C)(C)C)cc2)CC1. The Kier molecular flexibility index (Phi) is 4.52. The molecule has 2 rings (SSSR count). The van der Waals surface area contributed by atoms with Gasteiger partial charge in [0.25, 0.3) is 0 Å². The maximum Gasteiger partial charge on any atom is 0.219 e. The fourth-order valence-corrected chi connectivity index (χ4v) is 2.93. The van der Waals surface area contributed by atoms with E-state index in [4.69, 9.17) is 0 Å². The third-order valence-electron chi connectivity index (χ3n) is 4.40. The fraction of sp³-hybridized carbons (Fsp3) is 0.611. The quantitative estimate of drug-likeness (QED) is 0.803. The van der Waals surface area contributed by atoms with Crippen LogP contribution in [0.25, 0.3) is 0 Å². The van der Waals surface area contributed by atoms with E-state index in [2.05, 4.69) is 45.0 Å². The lowest BCUT2D eigenvalue weighted by atomic mass is 9.85. The van der Waals surface area contributed by atoms with Gasteiger partial charge >= 0.3 is 0 Å². The smallest absolute Gasteiger partial charge is 0.219 e. The molecule has 0 saturated carbocycles. The van der Waals surface area contributed by atoms with Crippen molar-refractivity contribution in [2.24, 2.45) is 5.92 Å². The van der Waals surface area contributed by atoms with Crippen molar-refractivity contribution in [3.8, 4) is 0 Å². The van der Waals surface area contributed by atoms with Crippen LogP contribution in [0.1, 0.15) is 51.7 Å². The van der Waals surface area contributed by atoms with E-state index >= 15 is 0 Å². The molecule has 0 unspecified atom stereocenters. The molecule has 0 aromatic heterocycles. The molecule has 2 nitrogen and oxygen atoms in total. The molecule has 20 heavy (non-hydrogen) atoms. The molecular formula is C18H27NO. The molecule has 1 aromatic rings. The van der Waals surface area contributed by atoms with E-state index in [1.165, 1.54) is 11.1 Å². The van der Waals surface area contributed by atoms with Crippen LogP contribution in [0.4, 0.5) is 0 Å². The van der Waals surface area contributed by atoms with E-state index in [0.29, 0.717) is 0 Å². The Morgan fingerprint density at radius 1 is 1.15 bits per heavy atom. The zero-order chi connectivity index (χ0) is 14.8. The number of nitrogens with zero attached hydrogens (tertiary/aromatic N) is 1. The maximum atomic E-state index is 11.3. The van der Waals surface area contributed by atoms with Crippen molar-refractivity contribution in [1.29, 1.82) is 0 Å². The highest BCUT2D eigenvalue weighted by Crippen LogP contribution is 2.25. The molecule has 1 amide bonds. The molecule has 0 radical (unpaired) electrons. The number of amides is 1. The average molecular weight is 273 g/mol. The van der Waals surface area contributed by atoms with Crippen molar-refractivity contribution in [3.63, 3.8) is 0 Å². The van der Waals surface area contributed by atoms with Crippen LogP contribution < -0.4 is 0 Å². The lowest BCUT2D eigenvalue weighted by molar-refractivity contribution is -0.130. The summed E-state index contributed by atoms with van der Waals surface area (Å²) in [7, 11) is 0. The first-order chi connectivity index (χ1) is 9.36. The van der Waals surface area contributed by atoms with Gasteiger partial charge in [0.05, 0.1) is 0 Å². The summed E-state index contributed by atoms with van der Waals surface area (Å²) in [5.74, 6) is 0.948. The first-order valence-corrected chi connectivity index (χ1v) is 7.71. The number of hydrogen-bond donors (Lipinski definition) is 0. The molecule has 1 aromatic carbocycles. The Morgan fingerprint density at radius 3 is 2.15 bits per heavy atom. The lowest BCUT2D eigenvalue weighted by Gasteiger charge is -2.31. The molecule has 0 bridgehead atoms. The van der Waals surface area contributed by atoms with Crippen LogP contribution in [-0.4, -0.2) is 23.9 Å². The van der Waals surface area contributed by atoms with Crippen LogP contribution in [0, 0.1) is 5.92 Å². The minimum atomic E-state index is 0.220. The summed E-state index contributed by atoms with van der Waals surface area (Å²) >= 11 is 0. The Balaban J connectivity index is 1.90. The summed E-state index contributed by atoms with van der Waals surface area (Å²) in [4.78, 5) is 13.3. The Bertz CT molecular complexity index is 447. The second-order valence-electron chi connectivity index (χ2n) is 7.10. The van der Waals surface area contributed by atoms with Crippen molar-refractivity contribution >= 4 is 5.91 Å². The summed E-state index contributed by atoms with van der Waals surface area (Å²) in [5.41, 5.74) is 3.05. The van der Waals surface area contributed by atoms with E-state index in [9.17, 15) is 4.79 Å². The molecule has 0 N–H and O–H groups in total. The number of carbonyl (C=O) groups is 1. The van der Waals surface area contributed by atoms with Crippen LogP contribution >= 0.6 is 0 Å². The first-order valence-electron chi connectivity index (χ1n) is 7.71. The number of carbonyl (C=O) groups excluding carboxylic acids is 1. The average Bonchev–Trinajstić information content (AvgIpc) is 2.39. The van der Waals surface area contributed by atoms with Crippen LogP contribution in [0.2, 0.25) is 0 Å². The number of likely N-dealkylation sites (tertiary alicyclic amines) is 1. The van der Waals surface area contributed by atoms with Crippen molar-refractivity contribution in [1.82, 2.24) is 4.90 Å². The van der Waals surface area contributed by atoms with Gasteiger partial charge in [-0.05, 0) is 41.7 Å². The van der Waals surface area contributed by atoms with Gasteiger partial charge in [-0.25, -0.2) is 0 Å². The molecule has 0 spiro atoms. The van der Waals surface area contributed by atoms with E-state index in [0.717, 1.165) is 38.3 Å². The summed E-state index contributed by atoms with van der Waals surface area (Å²) in [6.45, 7) is 10.3. The van der Waals surface area contributed by atoms with Crippen molar-refractivity contribution in [2.75, 3.05) is 13.1 Å². The minimum Gasteiger partial charge on any atom is -0.343 e. The number of rotatable bonds is 2. The first kappa shape index (κ1) is 15.1. The monoisotopic (exact) mass is 273 g/mol. The molecule has 1 aliphatic rings. The van der Waals surface area contributed by atoms with Gasteiger partial charge in [-0.15, -0.1) is 0 Å². The summed E-state index contributed by atoms with van der Waals surface area (Å²) in [6.07, 6.45) is 3.43. The lowest BCUT2D eigenvalue weighted by Crippen LogP contribution is -2.37. The largest absolute Gasteiger partial charge is 0.343 e. The van der Waals surface area contributed by atoms with E-state index in [1.54, 1.807) is 6.92 Å². The molecule has 2 heteroatoms. The molecule has 0 atom stereocenters. The van der Waals surface area contributed by atoms with Gasteiger partial charge < -0.3 is 4.90 Å². The van der Waals surface area contributed by atoms with Gasteiger partial charge in [-0.2, -0.15) is 0 Å². The van der Waals surface area contributed by atoms with Gasteiger partial charge in [0.15, 0.2) is 0 Å². The Labute approximate surface area is 123 Å². The van der Waals surface area contributed by atoms with Gasteiger partial charge in [0, 0.05) is 20.0 Å². The van der Waals surface area contributed by atoms with Crippen LogP contribution in [0.3, 0.4) is 0 Å². The highest BCUT2D eigenvalue weighted by atomic mass is 16.2. The highest BCUT2D eigenvalue weighted by molar-refractivity contribution is 5.73. The fourth-order valence-electron chi connectivity index (χ4n) is 2.93. The van der Waals surface area contributed by atoms with Crippen LogP contribution in [-0.2, 0) is 16.6 Å².